The molecule has 1 aliphatic heterocycles. The molecule has 1 aliphatic rings. The zero-order chi connectivity index (χ0) is 8.48. The van der Waals surface area contributed by atoms with Gasteiger partial charge in [-0.3, -0.25) is 4.99 Å². The average Bonchev–Trinajstić information content (AvgIpc) is 2.34. The summed E-state index contributed by atoms with van der Waals surface area (Å²) in [5.74, 6) is 1.15. The summed E-state index contributed by atoms with van der Waals surface area (Å²) >= 11 is 1.85. The van der Waals surface area contributed by atoms with E-state index in [4.69, 9.17) is 0 Å². The highest BCUT2D eigenvalue weighted by Crippen LogP contribution is 2.21. The van der Waals surface area contributed by atoms with Gasteiger partial charge in [0.15, 0.2) is 5.17 Å². The molecule has 2 nitrogen and oxygen atoms in total. The minimum Gasteiger partial charge on any atom is -0.350 e. The van der Waals surface area contributed by atoms with Crippen molar-refractivity contribution in [2.75, 3.05) is 19.3 Å². The van der Waals surface area contributed by atoms with Crippen LogP contribution >= 0.6 is 11.8 Å². The fourth-order valence-corrected chi connectivity index (χ4v) is 1.83. The van der Waals surface area contributed by atoms with Gasteiger partial charge < -0.3 is 4.90 Å². The summed E-state index contributed by atoms with van der Waals surface area (Å²) in [5, 5.41) is 1.19. The smallest absolute Gasteiger partial charge is 0.159 e. The highest BCUT2D eigenvalue weighted by molar-refractivity contribution is 8.14. The molecule has 0 aromatic rings. The monoisotopic (exact) mass is 172 g/mol. The Bertz CT molecular complexity index is 169. The Morgan fingerprint density at radius 2 is 2.09 bits per heavy atom. The summed E-state index contributed by atoms with van der Waals surface area (Å²) in [6.45, 7) is 7.59. The molecule has 0 saturated heterocycles. The summed E-state index contributed by atoms with van der Waals surface area (Å²) in [5.41, 5.74) is 0.205. The number of thioether (sulfide) groups is 1. The SMILES string of the molecule is CN(C1=NCCS1)C(C)(C)C. The van der Waals surface area contributed by atoms with E-state index in [1.54, 1.807) is 0 Å². The highest BCUT2D eigenvalue weighted by atomic mass is 32.2. The predicted octanol–water partition coefficient (Wildman–Crippen LogP) is 1.82. The van der Waals surface area contributed by atoms with E-state index in [1.807, 2.05) is 11.8 Å². The number of hydrogen-bond donors (Lipinski definition) is 0. The normalized spacial score (nSPS) is 18.4. The van der Waals surface area contributed by atoms with Crippen molar-refractivity contribution >= 4 is 16.9 Å². The lowest BCUT2D eigenvalue weighted by atomic mass is 10.1. The van der Waals surface area contributed by atoms with Crippen molar-refractivity contribution in [3.05, 3.63) is 0 Å². The first-order valence-electron chi connectivity index (χ1n) is 3.93. The molecule has 0 N–H and O–H groups in total. The number of hydrogen-bond acceptors (Lipinski definition) is 3. The standard InChI is InChI=1S/C8H16N2S/c1-8(2,3)10(4)7-9-5-6-11-7/h5-6H2,1-4H3. The molecule has 0 aromatic carbocycles. The van der Waals surface area contributed by atoms with Gasteiger partial charge in [-0.2, -0.15) is 0 Å². The van der Waals surface area contributed by atoms with E-state index in [0.29, 0.717) is 0 Å². The van der Waals surface area contributed by atoms with Crippen molar-refractivity contribution in [1.29, 1.82) is 0 Å². The van der Waals surface area contributed by atoms with Gasteiger partial charge in [-0.15, -0.1) is 0 Å². The quantitative estimate of drug-likeness (QED) is 0.554. The van der Waals surface area contributed by atoms with Crippen molar-refractivity contribution in [1.82, 2.24) is 4.90 Å². The van der Waals surface area contributed by atoms with Crippen molar-refractivity contribution in [2.24, 2.45) is 4.99 Å². The summed E-state index contributed by atoms with van der Waals surface area (Å²) in [7, 11) is 2.11. The zero-order valence-corrected chi connectivity index (χ0v) is 8.53. The minimum atomic E-state index is 0.205. The van der Waals surface area contributed by atoms with Crippen LogP contribution in [0.2, 0.25) is 0 Å². The predicted molar refractivity (Wildman–Crippen MR) is 52.3 cm³/mol. The molecular formula is C8H16N2S. The second-order valence-corrected chi connectivity index (χ2v) is 4.80. The third-order valence-corrected chi connectivity index (χ3v) is 2.91. The summed E-state index contributed by atoms with van der Waals surface area (Å²) in [4.78, 5) is 6.65. The van der Waals surface area contributed by atoms with E-state index in [1.165, 1.54) is 5.17 Å². The van der Waals surface area contributed by atoms with Crippen LogP contribution in [0.3, 0.4) is 0 Å². The van der Waals surface area contributed by atoms with Gasteiger partial charge >= 0.3 is 0 Å². The first-order chi connectivity index (χ1) is 5.02. The Morgan fingerprint density at radius 1 is 1.45 bits per heavy atom. The van der Waals surface area contributed by atoms with Gasteiger partial charge in [0.05, 0.1) is 6.54 Å². The lowest BCUT2D eigenvalue weighted by molar-refractivity contribution is 0.287. The van der Waals surface area contributed by atoms with E-state index in [2.05, 4.69) is 37.7 Å². The van der Waals surface area contributed by atoms with Crippen LogP contribution in [-0.2, 0) is 0 Å². The molecule has 0 aromatic heterocycles. The first kappa shape index (κ1) is 8.91. The number of rotatable bonds is 0. The van der Waals surface area contributed by atoms with E-state index < -0.39 is 0 Å². The Hall–Kier alpha value is -0.180. The molecule has 11 heavy (non-hydrogen) atoms. The van der Waals surface area contributed by atoms with Gasteiger partial charge in [0.1, 0.15) is 0 Å². The fourth-order valence-electron chi connectivity index (χ4n) is 0.814. The molecule has 0 bridgehead atoms. The Kier molecular flexibility index (Phi) is 2.47. The molecule has 0 spiro atoms. The van der Waals surface area contributed by atoms with Crippen molar-refractivity contribution in [2.45, 2.75) is 26.3 Å². The summed E-state index contributed by atoms with van der Waals surface area (Å²) in [6, 6.07) is 0. The number of aliphatic imine (C=N–C) groups is 1. The summed E-state index contributed by atoms with van der Waals surface area (Å²) < 4.78 is 0. The zero-order valence-electron chi connectivity index (χ0n) is 7.72. The Morgan fingerprint density at radius 3 is 2.45 bits per heavy atom. The second kappa shape index (κ2) is 3.05. The molecule has 64 valence electrons. The van der Waals surface area contributed by atoms with Gasteiger partial charge in [-0.25, -0.2) is 0 Å². The molecule has 0 atom stereocenters. The molecule has 3 heteroatoms. The molecule has 0 fully saturated rings. The third-order valence-electron chi connectivity index (χ3n) is 1.86. The van der Waals surface area contributed by atoms with Crippen molar-refractivity contribution in [3.63, 3.8) is 0 Å². The fraction of sp³-hybridized carbons (Fsp3) is 0.875. The van der Waals surface area contributed by atoms with Gasteiger partial charge in [-0.05, 0) is 20.8 Å². The van der Waals surface area contributed by atoms with Crippen molar-refractivity contribution < 1.29 is 0 Å². The van der Waals surface area contributed by atoms with Crippen LogP contribution in [-0.4, -0.2) is 35.0 Å². The Balaban J connectivity index is 2.60. The van der Waals surface area contributed by atoms with Crippen LogP contribution in [0.15, 0.2) is 4.99 Å². The average molecular weight is 172 g/mol. The molecule has 0 saturated carbocycles. The lowest BCUT2D eigenvalue weighted by Crippen LogP contribution is -2.40. The minimum absolute atomic E-state index is 0.205. The van der Waals surface area contributed by atoms with Gasteiger partial charge in [0.2, 0.25) is 0 Å². The molecule has 0 unspecified atom stereocenters. The van der Waals surface area contributed by atoms with E-state index in [9.17, 15) is 0 Å². The van der Waals surface area contributed by atoms with E-state index >= 15 is 0 Å². The van der Waals surface area contributed by atoms with Crippen LogP contribution in [0.4, 0.5) is 0 Å². The van der Waals surface area contributed by atoms with Gasteiger partial charge in [0, 0.05) is 18.3 Å². The van der Waals surface area contributed by atoms with Crippen LogP contribution in [0.5, 0.6) is 0 Å². The van der Waals surface area contributed by atoms with Crippen LogP contribution in [0.25, 0.3) is 0 Å². The topological polar surface area (TPSA) is 15.6 Å². The van der Waals surface area contributed by atoms with Crippen LogP contribution < -0.4 is 0 Å². The summed E-state index contributed by atoms with van der Waals surface area (Å²) in [6.07, 6.45) is 0. The molecule has 0 amide bonds. The van der Waals surface area contributed by atoms with Crippen LogP contribution in [0.1, 0.15) is 20.8 Å². The van der Waals surface area contributed by atoms with E-state index in [0.717, 1.165) is 12.3 Å². The molecule has 1 rings (SSSR count). The Labute approximate surface area is 73.1 Å². The van der Waals surface area contributed by atoms with Gasteiger partial charge in [-0.1, -0.05) is 11.8 Å². The maximum atomic E-state index is 4.41. The molecular weight excluding hydrogens is 156 g/mol. The highest BCUT2D eigenvalue weighted by Gasteiger charge is 2.22. The number of amidine groups is 1. The maximum Gasteiger partial charge on any atom is 0.159 e. The largest absolute Gasteiger partial charge is 0.350 e. The maximum absolute atomic E-state index is 4.41. The van der Waals surface area contributed by atoms with Crippen LogP contribution in [0, 0.1) is 0 Å². The molecule has 0 aliphatic carbocycles. The third kappa shape index (κ3) is 2.12. The first-order valence-corrected chi connectivity index (χ1v) is 4.91. The number of nitrogens with zero attached hydrogens (tertiary/aromatic N) is 2. The van der Waals surface area contributed by atoms with E-state index in [-0.39, 0.29) is 5.54 Å². The van der Waals surface area contributed by atoms with Crippen molar-refractivity contribution in [3.8, 4) is 0 Å². The lowest BCUT2D eigenvalue weighted by Gasteiger charge is -2.33. The second-order valence-electron chi connectivity index (χ2n) is 3.74. The molecule has 0 radical (unpaired) electrons. The molecule has 1 heterocycles. The van der Waals surface area contributed by atoms with Gasteiger partial charge in [0.25, 0.3) is 0 Å².